The molecule has 0 aromatic heterocycles. The second kappa shape index (κ2) is 10.1. The lowest BCUT2D eigenvalue weighted by Crippen LogP contribution is -2.45. The number of hydrogen-bond donors (Lipinski definition) is 2. The van der Waals surface area contributed by atoms with Crippen LogP contribution in [0.1, 0.15) is 41.2 Å². The largest absolute Gasteiger partial charge is 0.416 e. The topological polar surface area (TPSA) is 75.8 Å². The molecule has 35 heavy (non-hydrogen) atoms. The maximum atomic E-state index is 13.4. The molecule has 12 heteroatoms. The minimum absolute atomic E-state index is 0.0315. The van der Waals surface area contributed by atoms with E-state index in [0.29, 0.717) is 17.7 Å². The van der Waals surface area contributed by atoms with Gasteiger partial charge in [-0.2, -0.15) is 26.3 Å². The number of carbonyl (C=O) groups is 1. The molecule has 0 spiro atoms. The highest BCUT2D eigenvalue weighted by atomic mass is 19.4. The summed E-state index contributed by atoms with van der Waals surface area (Å²) in [4.78, 5) is 13.8. The van der Waals surface area contributed by atoms with Crippen LogP contribution < -0.4 is 5.73 Å². The second-order valence-corrected chi connectivity index (χ2v) is 8.35. The summed E-state index contributed by atoms with van der Waals surface area (Å²) < 4.78 is 98.8. The molecular formula is C23H23F7N2O3. The Bertz CT molecular complexity index is 1010. The van der Waals surface area contributed by atoms with Gasteiger partial charge in [0.1, 0.15) is 11.9 Å². The van der Waals surface area contributed by atoms with Crippen LogP contribution in [0.3, 0.4) is 0 Å². The van der Waals surface area contributed by atoms with E-state index in [9.17, 15) is 40.6 Å². The molecule has 0 saturated carbocycles. The lowest BCUT2D eigenvalue weighted by atomic mass is 9.95. The number of nitrogens with two attached hydrogens (primary N) is 1. The fraction of sp³-hybridized carbons (Fsp3) is 0.435. The van der Waals surface area contributed by atoms with E-state index < -0.39 is 66.0 Å². The SMILES string of the molecule is CC(OC1CN(C(=O)C(N)CO)CC1c1ccc(F)cc1)c1cc(C(F)(F)F)cc(C(F)(F)F)c1. The number of benzene rings is 2. The highest BCUT2D eigenvalue weighted by Gasteiger charge is 2.41. The molecule has 192 valence electrons. The lowest BCUT2D eigenvalue weighted by molar-refractivity contribution is -0.143. The third kappa shape index (κ3) is 6.30. The third-order valence-corrected chi connectivity index (χ3v) is 5.85. The van der Waals surface area contributed by atoms with E-state index in [-0.39, 0.29) is 24.7 Å². The van der Waals surface area contributed by atoms with Crippen LogP contribution in [0.25, 0.3) is 0 Å². The quantitative estimate of drug-likeness (QED) is 0.572. The predicted octanol–water partition coefficient (Wildman–Crippen LogP) is 4.26. The number of likely N-dealkylation sites (tertiary alicyclic amines) is 1. The fourth-order valence-electron chi connectivity index (χ4n) is 3.99. The van der Waals surface area contributed by atoms with Gasteiger partial charge in [0.2, 0.25) is 5.91 Å². The molecule has 0 bridgehead atoms. The molecule has 2 aromatic rings. The van der Waals surface area contributed by atoms with Crippen LogP contribution in [0.4, 0.5) is 30.7 Å². The minimum atomic E-state index is -5.01. The Morgan fingerprint density at radius 3 is 2.09 bits per heavy atom. The van der Waals surface area contributed by atoms with Gasteiger partial charge in [0.15, 0.2) is 0 Å². The monoisotopic (exact) mass is 508 g/mol. The molecule has 1 heterocycles. The van der Waals surface area contributed by atoms with Gasteiger partial charge < -0.3 is 20.5 Å². The summed E-state index contributed by atoms with van der Waals surface area (Å²) in [6.45, 7) is 0.653. The molecule has 4 atom stereocenters. The third-order valence-electron chi connectivity index (χ3n) is 5.85. The molecular weight excluding hydrogens is 485 g/mol. The molecule has 0 radical (unpaired) electrons. The molecule has 5 nitrogen and oxygen atoms in total. The molecule has 1 aliphatic heterocycles. The van der Waals surface area contributed by atoms with Gasteiger partial charge in [-0.3, -0.25) is 4.79 Å². The Hall–Kier alpha value is -2.70. The fourth-order valence-corrected chi connectivity index (χ4v) is 3.99. The standard InChI is InChI=1S/C23H23F7N2O3/c1-12(14-6-15(22(25,26)27)8-16(7-14)23(28,29)30)35-20-10-32(21(34)19(31)11-33)9-18(20)13-2-4-17(24)5-3-13/h2-8,12,18-20,33H,9-11,31H2,1H3. The van der Waals surface area contributed by atoms with E-state index in [4.69, 9.17) is 10.5 Å². The van der Waals surface area contributed by atoms with E-state index in [1.54, 1.807) is 0 Å². The van der Waals surface area contributed by atoms with Gasteiger partial charge in [0, 0.05) is 19.0 Å². The highest BCUT2D eigenvalue weighted by molar-refractivity contribution is 5.82. The summed E-state index contributed by atoms with van der Waals surface area (Å²) in [7, 11) is 0. The molecule has 3 rings (SSSR count). The zero-order chi connectivity index (χ0) is 26.1. The van der Waals surface area contributed by atoms with Crippen molar-refractivity contribution in [2.45, 2.75) is 43.4 Å². The van der Waals surface area contributed by atoms with Gasteiger partial charge in [-0.15, -0.1) is 0 Å². The summed E-state index contributed by atoms with van der Waals surface area (Å²) in [5, 5.41) is 9.19. The number of aliphatic hydroxyl groups excluding tert-OH is 1. The first-order chi connectivity index (χ1) is 16.2. The van der Waals surface area contributed by atoms with Gasteiger partial charge in [-0.1, -0.05) is 12.1 Å². The number of rotatable bonds is 6. The zero-order valence-electron chi connectivity index (χ0n) is 18.4. The van der Waals surface area contributed by atoms with Crippen LogP contribution in [0.2, 0.25) is 0 Å². The smallest absolute Gasteiger partial charge is 0.394 e. The number of nitrogens with zero attached hydrogens (tertiary/aromatic N) is 1. The van der Waals surface area contributed by atoms with Gasteiger partial charge in [-0.25, -0.2) is 4.39 Å². The maximum absolute atomic E-state index is 13.4. The molecule has 4 unspecified atom stereocenters. The summed E-state index contributed by atoms with van der Waals surface area (Å²) >= 11 is 0. The van der Waals surface area contributed by atoms with Crippen LogP contribution in [0, 0.1) is 5.82 Å². The van der Waals surface area contributed by atoms with Crippen molar-refractivity contribution in [1.29, 1.82) is 0 Å². The molecule has 3 N–H and O–H groups in total. The van der Waals surface area contributed by atoms with E-state index >= 15 is 0 Å². The molecule has 1 fully saturated rings. The lowest BCUT2D eigenvalue weighted by Gasteiger charge is -2.25. The van der Waals surface area contributed by atoms with Crippen molar-refractivity contribution in [1.82, 2.24) is 4.90 Å². The van der Waals surface area contributed by atoms with E-state index in [0.717, 1.165) is 0 Å². The number of ether oxygens (including phenoxy) is 1. The van der Waals surface area contributed by atoms with Crippen LogP contribution in [0.5, 0.6) is 0 Å². The van der Waals surface area contributed by atoms with Crippen LogP contribution in [-0.2, 0) is 21.9 Å². The summed E-state index contributed by atoms with van der Waals surface area (Å²) in [5.74, 6) is -1.69. The molecule has 2 aromatic carbocycles. The average Bonchev–Trinajstić information content (AvgIpc) is 3.20. The molecule has 1 saturated heterocycles. The van der Waals surface area contributed by atoms with Crippen molar-refractivity contribution in [2.75, 3.05) is 19.7 Å². The first-order valence-corrected chi connectivity index (χ1v) is 10.6. The number of halogens is 7. The number of hydrogen-bond acceptors (Lipinski definition) is 4. The Morgan fingerprint density at radius 1 is 1.06 bits per heavy atom. The van der Waals surface area contributed by atoms with Crippen molar-refractivity contribution in [3.63, 3.8) is 0 Å². The van der Waals surface area contributed by atoms with Crippen molar-refractivity contribution in [3.8, 4) is 0 Å². The van der Waals surface area contributed by atoms with Crippen molar-refractivity contribution < 1.29 is 45.4 Å². The van der Waals surface area contributed by atoms with Crippen molar-refractivity contribution in [3.05, 3.63) is 70.5 Å². The zero-order valence-corrected chi connectivity index (χ0v) is 18.4. The van der Waals surface area contributed by atoms with Gasteiger partial charge in [0.25, 0.3) is 0 Å². The Balaban J connectivity index is 1.93. The van der Waals surface area contributed by atoms with Gasteiger partial charge in [0.05, 0.1) is 29.9 Å². The number of amides is 1. The Kier molecular flexibility index (Phi) is 7.77. The van der Waals surface area contributed by atoms with Crippen LogP contribution >= 0.6 is 0 Å². The van der Waals surface area contributed by atoms with E-state index in [1.165, 1.54) is 36.1 Å². The van der Waals surface area contributed by atoms with Gasteiger partial charge >= 0.3 is 12.4 Å². The summed E-state index contributed by atoms with van der Waals surface area (Å²) in [6.07, 6.45) is -12.1. The van der Waals surface area contributed by atoms with E-state index in [1.807, 2.05) is 0 Å². The maximum Gasteiger partial charge on any atom is 0.416 e. The van der Waals surface area contributed by atoms with Crippen molar-refractivity contribution >= 4 is 5.91 Å². The number of aliphatic hydroxyl groups is 1. The summed E-state index contributed by atoms with van der Waals surface area (Å²) in [5.41, 5.74) is 2.88. The normalized spacial score (nSPS) is 20.7. The van der Waals surface area contributed by atoms with Gasteiger partial charge in [-0.05, 0) is 48.4 Å². The summed E-state index contributed by atoms with van der Waals surface area (Å²) in [6, 6.07) is 5.27. The van der Waals surface area contributed by atoms with E-state index in [2.05, 4.69) is 0 Å². The Labute approximate surface area is 196 Å². The molecule has 0 aliphatic carbocycles. The predicted molar refractivity (Wildman–Crippen MR) is 111 cm³/mol. The average molecular weight is 508 g/mol. The second-order valence-electron chi connectivity index (χ2n) is 8.35. The van der Waals surface area contributed by atoms with Crippen LogP contribution in [0.15, 0.2) is 42.5 Å². The molecule has 1 amide bonds. The first-order valence-electron chi connectivity index (χ1n) is 10.6. The number of alkyl halides is 6. The first kappa shape index (κ1) is 26.9. The number of carbonyl (C=O) groups excluding carboxylic acids is 1. The molecule has 1 aliphatic rings. The minimum Gasteiger partial charge on any atom is -0.394 e. The Morgan fingerprint density at radius 2 is 1.60 bits per heavy atom. The van der Waals surface area contributed by atoms with Crippen molar-refractivity contribution in [2.24, 2.45) is 5.73 Å². The highest BCUT2D eigenvalue weighted by Crippen LogP contribution is 2.39. The van der Waals surface area contributed by atoms with Crippen LogP contribution in [-0.4, -0.2) is 47.8 Å².